The number of nitrogens with zero attached hydrogens (tertiary/aromatic N) is 1. The summed E-state index contributed by atoms with van der Waals surface area (Å²) in [6.07, 6.45) is 0. The Labute approximate surface area is 106 Å². The Bertz CT molecular complexity index is 464. The maximum atomic E-state index is 12.0. The van der Waals surface area contributed by atoms with Crippen molar-refractivity contribution in [2.24, 2.45) is 0 Å². The lowest BCUT2D eigenvalue weighted by molar-refractivity contribution is 0.354. The molecule has 17 heavy (non-hydrogen) atoms. The second-order valence-electron chi connectivity index (χ2n) is 4.06. The van der Waals surface area contributed by atoms with Crippen molar-refractivity contribution in [1.82, 2.24) is 14.3 Å². The molecule has 0 amide bonds. The number of aryl methyl sites for hydroxylation is 1. The van der Waals surface area contributed by atoms with Crippen molar-refractivity contribution >= 4 is 21.5 Å². The van der Waals surface area contributed by atoms with Crippen molar-refractivity contribution in [1.29, 1.82) is 0 Å². The smallest absolute Gasteiger partial charge is 0.279 e. The Kier molecular flexibility index (Phi) is 4.16. The number of nitrogens with one attached hydrogen (secondary N) is 2. The highest BCUT2D eigenvalue weighted by Crippen LogP contribution is 2.13. The van der Waals surface area contributed by atoms with Gasteiger partial charge in [0.15, 0.2) is 0 Å². The number of piperazine rings is 1. The molecule has 2 heterocycles. The van der Waals surface area contributed by atoms with Gasteiger partial charge in [0.1, 0.15) is 0 Å². The molecule has 0 spiro atoms. The highest BCUT2D eigenvalue weighted by molar-refractivity contribution is 7.87. The first kappa shape index (κ1) is 13.0. The standard InChI is InChI=1S/C10H17N3O2S2/c1-9-7-16-8-10(9)6-12-17(14,15)13-4-2-11-3-5-13/h7-8,11-12H,2-6H2,1H3. The fourth-order valence-electron chi connectivity index (χ4n) is 1.71. The minimum Gasteiger partial charge on any atom is -0.314 e. The summed E-state index contributed by atoms with van der Waals surface area (Å²) >= 11 is 1.59. The molecule has 1 fully saturated rings. The lowest BCUT2D eigenvalue weighted by Crippen LogP contribution is -2.50. The first-order valence-corrected chi connectivity index (χ1v) is 7.95. The fourth-order valence-corrected chi connectivity index (χ4v) is 3.75. The monoisotopic (exact) mass is 275 g/mol. The van der Waals surface area contributed by atoms with Crippen LogP contribution < -0.4 is 10.0 Å². The molecule has 0 aliphatic carbocycles. The van der Waals surface area contributed by atoms with Crippen LogP contribution in [0.1, 0.15) is 11.1 Å². The summed E-state index contributed by atoms with van der Waals surface area (Å²) in [7, 11) is -3.33. The van der Waals surface area contributed by atoms with Gasteiger partial charge in [0, 0.05) is 32.7 Å². The van der Waals surface area contributed by atoms with E-state index < -0.39 is 10.2 Å². The molecule has 1 aromatic rings. The molecule has 0 aromatic carbocycles. The third kappa shape index (κ3) is 3.26. The molecule has 5 nitrogen and oxygen atoms in total. The van der Waals surface area contributed by atoms with Gasteiger partial charge in [-0.1, -0.05) is 0 Å². The van der Waals surface area contributed by atoms with Crippen molar-refractivity contribution in [3.05, 3.63) is 21.9 Å². The lowest BCUT2D eigenvalue weighted by Gasteiger charge is -2.26. The summed E-state index contributed by atoms with van der Waals surface area (Å²) in [5.41, 5.74) is 2.19. The van der Waals surface area contributed by atoms with Crippen LogP contribution in [0, 0.1) is 6.92 Å². The van der Waals surface area contributed by atoms with Gasteiger partial charge in [-0.05, 0) is 28.8 Å². The summed E-state index contributed by atoms with van der Waals surface area (Å²) in [6, 6.07) is 0. The van der Waals surface area contributed by atoms with Crippen LogP contribution in [0.5, 0.6) is 0 Å². The average Bonchev–Trinajstić information content (AvgIpc) is 2.74. The third-order valence-electron chi connectivity index (χ3n) is 2.82. The third-order valence-corrected chi connectivity index (χ3v) is 5.29. The van der Waals surface area contributed by atoms with E-state index in [1.54, 1.807) is 11.3 Å². The van der Waals surface area contributed by atoms with Gasteiger partial charge in [-0.25, -0.2) is 0 Å². The Morgan fingerprint density at radius 3 is 2.71 bits per heavy atom. The van der Waals surface area contributed by atoms with E-state index in [4.69, 9.17) is 0 Å². The summed E-state index contributed by atoms with van der Waals surface area (Å²) in [5, 5.41) is 7.14. The topological polar surface area (TPSA) is 61.4 Å². The van der Waals surface area contributed by atoms with Crippen molar-refractivity contribution in [2.45, 2.75) is 13.5 Å². The molecule has 2 N–H and O–H groups in total. The van der Waals surface area contributed by atoms with Crippen LogP contribution in [0.25, 0.3) is 0 Å². The van der Waals surface area contributed by atoms with E-state index in [-0.39, 0.29) is 0 Å². The van der Waals surface area contributed by atoms with E-state index in [2.05, 4.69) is 10.0 Å². The second-order valence-corrected chi connectivity index (χ2v) is 6.55. The van der Waals surface area contributed by atoms with Crippen LogP contribution >= 0.6 is 11.3 Å². The van der Waals surface area contributed by atoms with Gasteiger partial charge in [0.25, 0.3) is 10.2 Å². The SMILES string of the molecule is Cc1cscc1CNS(=O)(=O)N1CCNCC1. The zero-order chi connectivity index (χ0) is 12.3. The maximum absolute atomic E-state index is 12.0. The lowest BCUT2D eigenvalue weighted by atomic mass is 10.2. The molecule has 0 saturated carbocycles. The van der Waals surface area contributed by atoms with E-state index >= 15 is 0 Å². The first-order valence-electron chi connectivity index (χ1n) is 5.57. The second kappa shape index (κ2) is 5.45. The van der Waals surface area contributed by atoms with Gasteiger partial charge in [0.2, 0.25) is 0 Å². The Morgan fingerprint density at radius 1 is 1.41 bits per heavy atom. The molecular weight excluding hydrogens is 258 g/mol. The van der Waals surface area contributed by atoms with Gasteiger partial charge in [-0.3, -0.25) is 0 Å². The van der Waals surface area contributed by atoms with Crippen molar-refractivity contribution in [3.8, 4) is 0 Å². The fraction of sp³-hybridized carbons (Fsp3) is 0.600. The predicted octanol–water partition coefficient (Wildman–Crippen LogP) is 0.296. The zero-order valence-electron chi connectivity index (χ0n) is 9.77. The van der Waals surface area contributed by atoms with Gasteiger partial charge < -0.3 is 5.32 Å². The van der Waals surface area contributed by atoms with Crippen molar-refractivity contribution in [3.63, 3.8) is 0 Å². The van der Waals surface area contributed by atoms with Crippen LogP contribution in [0.4, 0.5) is 0 Å². The van der Waals surface area contributed by atoms with E-state index in [1.165, 1.54) is 4.31 Å². The highest BCUT2D eigenvalue weighted by atomic mass is 32.2. The number of rotatable bonds is 4. The van der Waals surface area contributed by atoms with Gasteiger partial charge in [0.05, 0.1) is 0 Å². The summed E-state index contributed by atoms with van der Waals surface area (Å²) in [6.45, 7) is 4.89. The molecule has 0 bridgehead atoms. The molecule has 0 atom stereocenters. The van der Waals surface area contributed by atoms with Crippen LogP contribution in [-0.4, -0.2) is 38.9 Å². The Morgan fingerprint density at radius 2 is 2.12 bits per heavy atom. The summed E-state index contributed by atoms with van der Waals surface area (Å²) < 4.78 is 28.1. The predicted molar refractivity (Wildman–Crippen MR) is 69.3 cm³/mol. The molecule has 1 aromatic heterocycles. The van der Waals surface area contributed by atoms with Crippen LogP contribution in [-0.2, 0) is 16.8 Å². The Hall–Kier alpha value is -0.470. The minimum atomic E-state index is -3.33. The summed E-state index contributed by atoms with van der Waals surface area (Å²) in [5.74, 6) is 0. The largest absolute Gasteiger partial charge is 0.314 e. The quantitative estimate of drug-likeness (QED) is 0.830. The average molecular weight is 275 g/mol. The Balaban J connectivity index is 1.95. The van der Waals surface area contributed by atoms with Crippen molar-refractivity contribution < 1.29 is 8.42 Å². The van der Waals surface area contributed by atoms with Crippen molar-refractivity contribution in [2.75, 3.05) is 26.2 Å². The molecule has 0 radical (unpaired) electrons. The number of thiophene rings is 1. The molecule has 0 unspecified atom stereocenters. The molecule has 96 valence electrons. The maximum Gasteiger partial charge on any atom is 0.279 e. The first-order chi connectivity index (χ1) is 8.09. The molecule has 2 rings (SSSR count). The van der Waals surface area contributed by atoms with Gasteiger partial charge in [-0.15, -0.1) is 0 Å². The molecular formula is C10H17N3O2S2. The molecule has 7 heteroatoms. The van der Waals surface area contributed by atoms with Gasteiger partial charge in [-0.2, -0.15) is 28.8 Å². The number of hydrogen-bond donors (Lipinski definition) is 2. The zero-order valence-corrected chi connectivity index (χ0v) is 11.4. The minimum absolute atomic E-state index is 0.377. The summed E-state index contributed by atoms with van der Waals surface area (Å²) in [4.78, 5) is 0. The van der Waals surface area contributed by atoms with Crippen LogP contribution in [0.2, 0.25) is 0 Å². The van der Waals surface area contributed by atoms with Gasteiger partial charge >= 0.3 is 0 Å². The van der Waals surface area contributed by atoms with Crippen LogP contribution in [0.3, 0.4) is 0 Å². The molecule has 1 aliphatic heterocycles. The molecule has 1 aliphatic rings. The van der Waals surface area contributed by atoms with E-state index in [1.807, 2.05) is 17.7 Å². The van der Waals surface area contributed by atoms with E-state index in [9.17, 15) is 8.42 Å². The van der Waals surface area contributed by atoms with E-state index in [0.717, 1.165) is 24.2 Å². The van der Waals surface area contributed by atoms with E-state index in [0.29, 0.717) is 19.6 Å². The normalized spacial score (nSPS) is 18.4. The van der Waals surface area contributed by atoms with Crippen LogP contribution in [0.15, 0.2) is 10.8 Å². The molecule has 1 saturated heterocycles. The highest BCUT2D eigenvalue weighted by Gasteiger charge is 2.23. The number of hydrogen-bond acceptors (Lipinski definition) is 4.